The minimum Gasteiger partial charge on any atom is -0.330 e. The van der Waals surface area contributed by atoms with Crippen molar-refractivity contribution in [3.63, 3.8) is 0 Å². The number of imide groups is 1. The van der Waals surface area contributed by atoms with Crippen molar-refractivity contribution in [3.8, 4) is 0 Å². The molecule has 1 rings (SSSR count). The summed E-state index contributed by atoms with van der Waals surface area (Å²) in [5.74, 6) is -0.897. The molecule has 0 aliphatic rings. The van der Waals surface area contributed by atoms with E-state index < -0.39 is 11.7 Å². The lowest BCUT2D eigenvalue weighted by Crippen LogP contribution is -2.33. The maximum atomic E-state index is 13.4. The summed E-state index contributed by atoms with van der Waals surface area (Å²) in [5, 5.41) is 0. The third-order valence-corrected chi connectivity index (χ3v) is 2.89. The number of hydrogen-bond donors (Lipinski definition) is 1. The molecule has 0 fully saturated rings. The first-order valence-electron chi connectivity index (χ1n) is 5.47. The highest BCUT2D eigenvalue weighted by Crippen LogP contribution is 2.16. The normalized spacial score (nSPS) is 10.2. The monoisotopic (exact) mass is 316 g/mol. The molecule has 0 aliphatic carbocycles. The van der Waals surface area contributed by atoms with Crippen LogP contribution in [0.15, 0.2) is 22.7 Å². The zero-order chi connectivity index (χ0) is 13.5. The molecule has 2 amide bonds. The second kappa shape index (κ2) is 7.23. The summed E-state index contributed by atoms with van der Waals surface area (Å²) in [4.78, 5) is 23.6. The fourth-order valence-electron chi connectivity index (χ4n) is 1.44. The molecule has 0 unspecified atom stereocenters. The predicted octanol–water partition coefficient (Wildman–Crippen LogP) is 1.46. The fraction of sp³-hybridized carbons (Fsp3) is 0.333. The van der Waals surface area contributed by atoms with Crippen LogP contribution in [0.3, 0.4) is 0 Å². The van der Waals surface area contributed by atoms with Crippen molar-refractivity contribution in [2.75, 3.05) is 13.1 Å². The summed E-state index contributed by atoms with van der Waals surface area (Å²) in [6.07, 6.45) is 0.841. The molecule has 0 atom stereocenters. The van der Waals surface area contributed by atoms with Gasteiger partial charge in [0, 0.05) is 11.0 Å². The lowest BCUT2D eigenvalue weighted by molar-refractivity contribution is -0.137. The van der Waals surface area contributed by atoms with E-state index in [1.165, 1.54) is 12.1 Å². The van der Waals surface area contributed by atoms with Crippen LogP contribution in [0.2, 0.25) is 0 Å². The lowest BCUT2D eigenvalue weighted by atomic mass is 10.1. The van der Waals surface area contributed by atoms with Crippen LogP contribution in [0.5, 0.6) is 0 Å². The largest absolute Gasteiger partial charge is 0.330 e. The Kier molecular flexibility index (Phi) is 5.94. The van der Waals surface area contributed by atoms with Gasteiger partial charge < -0.3 is 5.73 Å². The van der Waals surface area contributed by atoms with Crippen LogP contribution < -0.4 is 5.73 Å². The molecular weight excluding hydrogens is 303 g/mol. The van der Waals surface area contributed by atoms with Gasteiger partial charge in [0.1, 0.15) is 5.82 Å². The fourth-order valence-corrected chi connectivity index (χ4v) is 1.85. The molecule has 18 heavy (non-hydrogen) atoms. The lowest BCUT2D eigenvalue weighted by Gasteiger charge is -2.15. The van der Waals surface area contributed by atoms with E-state index in [-0.39, 0.29) is 18.5 Å². The van der Waals surface area contributed by atoms with E-state index in [1.807, 2.05) is 0 Å². The Hall–Kier alpha value is -1.27. The Balaban J connectivity index is 2.73. The Morgan fingerprint density at radius 3 is 2.83 bits per heavy atom. The number of nitrogens with zero attached hydrogens (tertiary/aromatic N) is 1. The Morgan fingerprint density at radius 1 is 1.50 bits per heavy atom. The summed E-state index contributed by atoms with van der Waals surface area (Å²) in [7, 11) is 0. The van der Waals surface area contributed by atoms with Gasteiger partial charge in [-0.05, 0) is 36.7 Å². The summed E-state index contributed by atoms with van der Waals surface area (Å²) in [6, 6.07) is 4.35. The molecule has 2 N–H and O–H groups in total. The topological polar surface area (TPSA) is 63.4 Å². The van der Waals surface area contributed by atoms with Gasteiger partial charge in [-0.1, -0.05) is 15.9 Å². The van der Waals surface area contributed by atoms with Gasteiger partial charge in [-0.2, -0.15) is 0 Å². The number of nitrogens with two attached hydrogens (primary N) is 1. The number of amides is 2. The van der Waals surface area contributed by atoms with Crippen molar-refractivity contribution in [1.82, 2.24) is 4.90 Å². The first-order chi connectivity index (χ1) is 8.58. The van der Waals surface area contributed by atoms with Crippen LogP contribution in [0.4, 0.5) is 4.39 Å². The van der Waals surface area contributed by atoms with Crippen LogP contribution in [-0.2, 0) is 16.0 Å². The van der Waals surface area contributed by atoms with E-state index in [4.69, 9.17) is 5.73 Å². The zero-order valence-corrected chi connectivity index (χ0v) is 11.3. The van der Waals surface area contributed by atoms with Gasteiger partial charge in [0.05, 0.1) is 6.42 Å². The number of carbonyl (C=O) groups is 2. The summed E-state index contributed by atoms with van der Waals surface area (Å²) in [6.45, 7) is 0.650. The first kappa shape index (κ1) is 14.8. The Bertz CT molecular complexity index is 440. The quantitative estimate of drug-likeness (QED) is 0.808. The molecule has 0 radical (unpaired) electrons. The van der Waals surface area contributed by atoms with Crippen LogP contribution >= 0.6 is 15.9 Å². The van der Waals surface area contributed by atoms with Gasteiger partial charge in [-0.25, -0.2) is 4.39 Å². The van der Waals surface area contributed by atoms with Gasteiger partial charge in [0.15, 0.2) is 0 Å². The molecule has 4 nitrogen and oxygen atoms in total. The Labute approximate surface area is 113 Å². The van der Waals surface area contributed by atoms with Gasteiger partial charge in [0.25, 0.3) is 0 Å². The molecule has 6 heteroatoms. The molecular formula is C12H14BrFN2O2. The minimum absolute atomic E-state index is 0.144. The number of carbonyl (C=O) groups excluding carboxylic acids is 2. The molecule has 0 saturated carbocycles. The highest BCUT2D eigenvalue weighted by Gasteiger charge is 2.15. The molecule has 0 heterocycles. The van der Waals surface area contributed by atoms with E-state index in [1.54, 1.807) is 6.07 Å². The summed E-state index contributed by atoms with van der Waals surface area (Å²) < 4.78 is 14.1. The van der Waals surface area contributed by atoms with E-state index >= 15 is 0 Å². The van der Waals surface area contributed by atoms with Crippen LogP contribution in [-0.4, -0.2) is 30.3 Å². The molecule has 98 valence electrons. The zero-order valence-electron chi connectivity index (χ0n) is 9.73. The van der Waals surface area contributed by atoms with Crippen molar-refractivity contribution >= 4 is 28.2 Å². The second-order valence-corrected chi connectivity index (χ2v) is 4.66. The Morgan fingerprint density at radius 2 is 2.22 bits per heavy atom. The van der Waals surface area contributed by atoms with Crippen molar-refractivity contribution in [2.24, 2.45) is 5.73 Å². The van der Waals surface area contributed by atoms with Crippen LogP contribution in [0, 0.1) is 5.82 Å². The van der Waals surface area contributed by atoms with E-state index in [9.17, 15) is 14.0 Å². The third-order valence-electron chi connectivity index (χ3n) is 2.40. The molecule has 0 aromatic heterocycles. The van der Waals surface area contributed by atoms with Crippen LogP contribution in [0.1, 0.15) is 12.0 Å². The third kappa shape index (κ3) is 4.19. The van der Waals surface area contributed by atoms with Crippen molar-refractivity contribution in [1.29, 1.82) is 0 Å². The van der Waals surface area contributed by atoms with Crippen molar-refractivity contribution in [2.45, 2.75) is 12.8 Å². The molecule has 1 aromatic carbocycles. The van der Waals surface area contributed by atoms with E-state index in [2.05, 4.69) is 15.9 Å². The van der Waals surface area contributed by atoms with E-state index in [0.29, 0.717) is 23.8 Å². The highest BCUT2D eigenvalue weighted by atomic mass is 79.9. The summed E-state index contributed by atoms with van der Waals surface area (Å²) in [5.41, 5.74) is 5.57. The first-order valence-corrected chi connectivity index (χ1v) is 6.26. The van der Waals surface area contributed by atoms with Gasteiger partial charge in [-0.15, -0.1) is 0 Å². The number of hydrogen-bond acceptors (Lipinski definition) is 3. The standard InChI is InChI=1S/C12H14BrFN2O2/c13-10-2-3-11(14)9(6-10)7-12(18)16(8-17)5-1-4-15/h2-3,6,8H,1,4-5,7,15H2. The van der Waals surface area contributed by atoms with Gasteiger partial charge >= 0.3 is 0 Å². The average Bonchev–Trinajstić information content (AvgIpc) is 2.35. The maximum Gasteiger partial charge on any atom is 0.233 e. The SMILES string of the molecule is NCCCN(C=O)C(=O)Cc1cc(Br)ccc1F. The van der Waals surface area contributed by atoms with Gasteiger partial charge in [-0.3, -0.25) is 14.5 Å². The maximum absolute atomic E-state index is 13.4. The number of halogens is 2. The highest BCUT2D eigenvalue weighted by molar-refractivity contribution is 9.10. The number of benzene rings is 1. The molecule has 0 spiro atoms. The second-order valence-electron chi connectivity index (χ2n) is 3.75. The summed E-state index contributed by atoms with van der Waals surface area (Å²) >= 11 is 3.20. The van der Waals surface area contributed by atoms with Gasteiger partial charge in [0.2, 0.25) is 12.3 Å². The van der Waals surface area contributed by atoms with Crippen LogP contribution in [0.25, 0.3) is 0 Å². The minimum atomic E-state index is -0.462. The van der Waals surface area contributed by atoms with E-state index in [0.717, 1.165) is 4.90 Å². The number of rotatable bonds is 6. The molecule has 0 saturated heterocycles. The molecule has 1 aromatic rings. The predicted molar refractivity (Wildman–Crippen MR) is 69.3 cm³/mol. The smallest absolute Gasteiger partial charge is 0.233 e. The average molecular weight is 317 g/mol. The molecule has 0 bridgehead atoms. The van der Waals surface area contributed by atoms with Crippen molar-refractivity contribution in [3.05, 3.63) is 34.1 Å². The molecule has 0 aliphatic heterocycles. The van der Waals surface area contributed by atoms with Crippen molar-refractivity contribution < 1.29 is 14.0 Å².